The van der Waals surface area contributed by atoms with Gasteiger partial charge in [0.05, 0.1) is 31.1 Å². The molecule has 59 heavy (non-hydrogen) atoms. The Morgan fingerprint density at radius 3 is 2.10 bits per heavy atom. The second-order valence-corrected chi connectivity index (χ2v) is 18.0. The monoisotopic (exact) mass is 817 g/mol. The fraction of sp³-hybridized carbons (Fsp3) is 0.609. The van der Waals surface area contributed by atoms with E-state index in [1.54, 1.807) is 12.1 Å². The first kappa shape index (κ1) is 42.6. The summed E-state index contributed by atoms with van der Waals surface area (Å²) in [4.78, 5) is 2.37. The molecule has 4 unspecified atom stereocenters. The number of para-hydroxylation sites is 1. The third-order valence-electron chi connectivity index (χ3n) is 14.3. The maximum Gasteiger partial charge on any atom is 0.304 e. The van der Waals surface area contributed by atoms with Gasteiger partial charge < -0.3 is 24.8 Å². The molecule has 4 N–H and O–H groups in total. The number of halogens is 1. The van der Waals surface area contributed by atoms with Gasteiger partial charge in [0.1, 0.15) is 23.8 Å². The summed E-state index contributed by atoms with van der Waals surface area (Å²) in [6.45, 7) is 0.701. The van der Waals surface area contributed by atoms with Gasteiger partial charge in [0.2, 0.25) is 0 Å². The van der Waals surface area contributed by atoms with Gasteiger partial charge in [0.25, 0.3) is 0 Å². The van der Waals surface area contributed by atoms with Gasteiger partial charge in [-0.05, 0) is 124 Å². The highest BCUT2D eigenvalue weighted by Crippen LogP contribution is 2.58. The maximum absolute atomic E-state index is 15.6. The van der Waals surface area contributed by atoms with E-state index in [0.29, 0.717) is 43.5 Å². The summed E-state index contributed by atoms with van der Waals surface area (Å²) < 4.78 is 28.9. The summed E-state index contributed by atoms with van der Waals surface area (Å²) in [6.07, 6.45) is 10.4. The molecule has 3 aromatic carbocycles. The molecular weight excluding hydrogens is 750 g/mol. The third-order valence-corrected chi connectivity index (χ3v) is 14.3. The van der Waals surface area contributed by atoms with Crippen LogP contribution in [0.3, 0.4) is 0 Å². The van der Waals surface area contributed by atoms with Gasteiger partial charge in [-0.1, -0.05) is 54.3 Å². The zero-order valence-electron chi connectivity index (χ0n) is 35.6. The van der Waals surface area contributed by atoms with Crippen molar-refractivity contribution in [3.63, 3.8) is 0 Å². The lowest BCUT2D eigenvalue weighted by molar-refractivity contribution is -0.380. The molecule has 0 aromatic heterocycles. The number of nitrogens with one attached hydrogen (secondary N) is 1. The molecule has 7 atom stereocenters. The molecule has 2 heterocycles. The van der Waals surface area contributed by atoms with E-state index in [0.717, 1.165) is 80.3 Å². The summed E-state index contributed by atoms with van der Waals surface area (Å²) in [5, 5.41) is 43.6. The van der Waals surface area contributed by atoms with Crippen molar-refractivity contribution in [2.45, 2.75) is 120 Å². The summed E-state index contributed by atoms with van der Waals surface area (Å²) in [7, 11) is 8.41. The molecule has 2 aliphatic heterocycles. The van der Waals surface area contributed by atoms with Gasteiger partial charge in [0, 0.05) is 52.0 Å². The lowest BCUT2D eigenvalue weighted by Crippen LogP contribution is -2.90. The van der Waals surface area contributed by atoms with Gasteiger partial charge in [-0.3, -0.25) is 0 Å². The van der Waals surface area contributed by atoms with E-state index in [-0.39, 0.29) is 48.8 Å². The Morgan fingerprint density at radius 1 is 0.797 bits per heavy atom. The van der Waals surface area contributed by atoms with Crippen LogP contribution in [0.15, 0.2) is 72.8 Å². The summed E-state index contributed by atoms with van der Waals surface area (Å²) in [5.74, 6) is -0.798. The largest absolute Gasteiger partial charge is 0.394 e. The van der Waals surface area contributed by atoms with Crippen molar-refractivity contribution in [1.29, 1.82) is 0 Å². The number of fused-ring (bicyclic) bond motifs is 2. The van der Waals surface area contributed by atoms with E-state index in [1.807, 2.05) is 68.7 Å². The molecular formula is C46H67FN7O5+. The lowest BCUT2D eigenvalue weighted by Gasteiger charge is -2.66. The smallest absolute Gasteiger partial charge is 0.304 e. The SMILES string of the molecule is CN(C)N(C1(CO)CCCC1)[N+](Nc1cccc(CO)c1)(c1ccccc1CO)C(c1ccc(F)cc1)(N(C)[C@@H]1CCCO1)N([C@@H]1CC2CCC1C2)N(C)[C@H]1CCCO1. The second kappa shape index (κ2) is 17.7. The van der Waals surface area contributed by atoms with Crippen LogP contribution in [0.5, 0.6) is 0 Å². The van der Waals surface area contributed by atoms with E-state index in [4.69, 9.17) is 9.47 Å². The number of anilines is 1. The van der Waals surface area contributed by atoms with Gasteiger partial charge >= 0.3 is 5.79 Å². The molecule has 3 aliphatic carbocycles. The minimum Gasteiger partial charge on any atom is -0.394 e. The Labute approximate surface area is 350 Å². The summed E-state index contributed by atoms with van der Waals surface area (Å²) in [6, 6.07) is 22.9. The van der Waals surface area contributed by atoms with Crippen molar-refractivity contribution in [2.75, 3.05) is 53.4 Å². The average Bonchev–Trinajstić information content (AvgIpc) is 4.12. The zero-order chi connectivity index (χ0) is 41.4. The average molecular weight is 817 g/mol. The van der Waals surface area contributed by atoms with Crippen molar-refractivity contribution >= 4 is 11.4 Å². The highest BCUT2D eigenvalue weighted by Gasteiger charge is 2.74. The van der Waals surface area contributed by atoms with E-state index in [2.05, 4.69) is 50.6 Å². The number of quaternary nitrogens is 1. The van der Waals surface area contributed by atoms with Crippen molar-refractivity contribution in [3.8, 4) is 0 Å². The van der Waals surface area contributed by atoms with Crippen LogP contribution >= 0.6 is 0 Å². The van der Waals surface area contributed by atoms with E-state index in [1.165, 1.54) is 6.42 Å². The number of nitrogens with zero attached hydrogens (tertiary/aromatic N) is 6. The van der Waals surface area contributed by atoms with Gasteiger partial charge in [-0.25, -0.2) is 19.7 Å². The number of rotatable bonds is 17. The van der Waals surface area contributed by atoms with Gasteiger partial charge in [-0.2, -0.15) is 10.0 Å². The van der Waals surface area contributed by atoms with Crippen LogP contribution in [0, 0.1) is 17.7 Å². The predicted molar refractivity (Wildman–Crippen MR) is 227 cm³/mol. The topological polar surface area (TPSA) is 107 Å². The maximum atomic E-state index is 15.6. The fourth-order valence-corrected chi connectivity index (χ4v) is 11.9. The Hall–Kier alpha value is -3.05. The highest BCUT2D eigenvalue weighted by atomic mass is 19.1. The number of benzene rings is 3. The molecule has 2 bridgehead atoms. The molecule has 8 rings (SSSR count). The highest BCUT2D eigenvalue weighted by molar-refractivity contribution is 5.59. The molecule has 0 amide bonds. The molecule has 12 nitrogen and oxygen atoms in total. The quantitative estimate of drug-likeness (QED) is 0.0683. The Morgan fingerprint density at radius 2 is 1.51 bits per heavy atom. The van der Waals surface area contributed by atoms with E-state index in [9.17, 15) is 15.3 Å². The van der Waals surface area contributed by atoms with Crippen LogP contribution in [0.25, 0.3) is 0 Å². The molecule has 5 fully saturated rings. The molecule has 5 aliphatic rings. The van der Waals surface area contributed by atoms with E-state index >= 15 is 4.39 Å². The van der Waals surface area contributed by atoms with Gasteiger partial charge in [0.15, 0.2) is 5.69 Å². The normalized spacial score (nSPS) is 27.4. The van der Waals surface area contributed by atoms with E-state index < -0.39 is 11.3 Å². The number of aliphatic hydroxyl groups is 3. The Bertz CT molecular complexity index is 1860. The van der Waals surface area contributed by atoms with Crippen LogP contribution in [0.1, 0.15) is 93.7 Å². The van der Waals surface area contributed by atoms with Crippen LogP contribution in [-0.2, 0) is 28.5 Å². The molecule has 0 spiro atoms. The minimum absolute atomic E-state index is 0.0267. The van der Waals surface area contributed by atoms with Crippen molar-refractivity contribution in [2.24, 2.45) is 11.8 Å². The Kier molecular flexibility index (Phi) is 12.8. The second-order valence-electron chi connectivity index (χ2n) is 18.0. The number of hydrazine groups is 2. The minimum atomic E-state index is -1.39. The zero-order valence-corrected chi connectivity index (χ0v) is 35.6. The van der Waals surface area contributed by atoms with Crippen LogP contribution in [0.2, 0.25) is 0 Å². The number of hydrogen-bond acceptors (Lipinski definition) is 11. The first-order chi connectivity index (χ1) is 28.6. The lowest BCUT2D eigenvalue weighted by atomic mass is 9.90. The molecule has 322 valence electrons. The molecule has 13 heteroatoms. The van der Waals surface area contributed by atoms with Crippen LogP contribution in [-0.4, -0.2) is 112 Å². The van der Waals surface area contributed by atoms with Crippen molar-refractivity contribution < 1.29 is 29.2 Å². The fourth-order valence-electron chi connectivity index (χ4n) is 11.9. The van der Waals surface area contributed by atoms with Crippen LogP contribution in [0.4, 0.5) is 15.8 Å². The third kappa shape index (κ3) is 7.33. The summed E-state index contributed by atoms with van der Waals surface area (Å²) >= 11 is 0. The van der Waals surface area contributed by atoms with Crippen molar-refractivity contribution in [3.05, 3.63) is 95.3 Å². The molecule has 0 radical (unpaired) electrons. The first-order valence-corrected chi connectivity index (χ1v) is 22.0. The molecule has 3 aromatic rings. The predicted octanol–water partition coefficient (Wildman–Crippen LogP) is 6.50. The first-order valence-electron chi connectivity index (χ1n) is 22.0. The summed E-state index contributed by atoms with van der Waals surface area (Å²) in [5.41, 5.74) is 7.12. The van der Waals surface area contributed by atoms with Gasteiger partial charge in [-0.15, -0.1) is 0 Å². The number of hydrogen-bond donors (Lipinski definition) is 4. The standard InChI is InChI=1S/C46H67FN7O5/c1-49(2)53(45(33-57)24-7-8-25-45)54(42-15-6-5-13-37(42)32-56,48-40-14-9-12-35(29-40)31-55)46(38-20-22-39(47)23-21-38,50(3)43-16-10-26-58-43)52(51(4)44-17-11-27-59-44)41-30-34-18-19-36(41)28-34/h5-6,9,12-15,20-23,29,34,36,41,43-44,48,55-57H,7-8,10-11,16-19,24-28,30-33H2,1-4H3/q+1/t34?,36?,41-,43+,44-,46?,54?/m1/s1. The van der Waals surface area contributed by atoms with Crippen molar-refractivity contribution in [1.82, 2.24) is 29.7 Å². The number of aliphatic hydroxyl groups excluding tert-OH is 3. The number of ether oxygens (including phenoxy) is 2. The molecule has 2 saturated heterocycles. The van der Waals surface area contributed by atoms with Crippen LogP contribution < -0.4 is 10.1 Å². The molecule has 3 saturated carbocycles. The Balaban J connectivity index is 1.61.